The van der Waals surface area contributed by atoms with Crippen molar-refractivity contribution >= 4 is 11.6 Å². The molecule has 1 heterocycles. The molecule has 1 atom stereocenters. The monoisotopic (exact) mass is 214 g/mol. The first kappa shape index (κ1) is 10.5. The number of halogens is 1. The maximum Gasteiger partial charge on any atom is 0.0404 e. The fourth-order valence-electron chi connectivity index (χ4n) is 2.11. The summed E-state index contributed by atoms with van der Waals surface area (Å²) < 4.78 is 0. The van der Waals surface area contributed by atoms with Crippen molar-refractivity contribution in [3.63, 3.8) is 0 Å². The normalized spacial score (nSPS) is 29.1. The zero-order valence-corrected chi connectivity index (χ0v) is 9.34. The molecule has 1 aliphatic carbocycles. The third kappa shape index (κ3) is 2.97. The highest BCUT2D eigenvalue weighted by atomic mass is 35.5. The van der Waals surface area contributed by atoms with Crippen molar-refractivity contribution in [3.8, 4) is 0 Å². The molecule has 2 aliphatic rings. The highest BCUT2D eigenvalue weighted by molar-refractivity contribution is 6.18. The molecule has 1 N–H and O–H groups in total. The van der Waals surface area contributed by atoms with E-state index in [4.69, 9.17) is 11.6 Å². The first-order valence-corrected chi connectivity index (χ1v) is 6.12. The molecule has 1 saturated heterocycles. The minimum Gasteiger partial charge on any atom is -0.309 e. The lowest BCUT2D eigenvalue weighted by molar-refractivity contribution is 0.319. The summed E-state index contributed by atoms with van der Waals surface area (Å²) in [4.78, 5) is 2.63. The van der Waals surface area contributed by atoms with Gasteiger partial charge in [0.2, 0.25) is 0 Å². The van der Waals surface area contributed by atoms with Crippen molar-refractivity contribution in [3.05, 3.63) is 12.2 Å². The molecule has 2 fully saturated rings. The fraction of sp³-hybridized carbons (Fsp3) is 0.818. The van der Waals surface area contributed by atoms with Crippen LogP contribution in [0.25, 0.3) is 0 Å². The minimum absolute atomic E-state index is 0.626. The van der Waals surface area contributed by atoms with Gasteiger partial charge in [0.05, 0.1) is 0 Å². The Bertz CT molecular complexity index is 201. The lowest BCUT2D eigenvalue weighted by Gasteiger charge is -2.14. The van der Waals surface area contributed by atoms with Gasteiger partial charge in [-0.25, -0.2) is 0 Å². The van der Waals surface area contributed by atoms with Crippen LogP contribution in [0.2, 0.25) is 0 Å². The van der Waals surface area contributed by atoms with Crippen molar-refractivity contribution in [1.29, 1.82) is 0 Å². The number of alkyl halides is 1. The molecular weight excluding hydrogens is 196 g/mol. The molecule has 0 amide bonds. The molecule has 1 saturated carbocycles. The molecule has 0 radical (unpaired) electrons. The lowest BCUT2D eigenvalue weighted by Crippen LogP contribution is -2.33. The molecule has 80 valence electrons. The van der Waals surface area contributed by atoms with E-state index < -0.39 is 0 Å². The Labute approximate surface area is 91.3 Å². The van der Waals surface area contributed by atoms with Crippen LogP contribution in [0.3, 0.4) is 0 Å². The first-order valence-electron chi connectivity index (χ1n) is 5.58. The summed E-state index contributed by atoms with van der Waals surface area (Å²) in [5, 5.41) is 3.54. The predicted octanol–water partition coefficient (Wildman–Crippen LogP) is 1.61. The van der Waals surface area contributed by atoms with E-state index in [-0.39, 0.29) is 0 Å². The van der Waals surface area contributed by atoms with E-state index in [0.717, 1.165) is 12.6 Å². The van der Waals surface area contributed by atoms with Gasteiger partial charge in [-0.1, -0.05) is 12.2 Å². The molecule has 1 unspecified atom stereocenters. The van der Waals surface area contributed by atoms with Gasteiger partial charge in [0.15, 0.2) is 0 Å². The maximum atomic E-state index is 5.55. The molecule has 2 rings (SSSR count). The minimum atomic E-state index is 0.626. The Balaban J connectivity index is 1.60. The van der Waals surface area contributed by atoms with Crippen LogP contribution >= 0.6 is 11.6 Å². The van der Waals surface area contributed by atoms with Gasteiger partial charge < -0.3 is 5.32 Å². The molecule has 0 spiro atoms. The van der Waals surface area contributed by atoms with Crippen LogP contribution in [-0.4, -0.2) is 42.5 Å². The summed E-state index contributed by atoms with van der Waals surface area (Å²) in [6.45, 7) is 3.51. The summed E-state index contributed by atoms with van der Waals surface area (Å²) in [5.41, 5.74) is 0. The molecule has 1 aliphatic heterocycles. The molecule has 2 nitrogen and oxygen atoms in total. The van der Waals surface area contributed by atoms with E-state index in [0.29, 0.717) is 11.9 Å². The van der Waals surface area contributed by atoms with Crippen molar-refractivity contribution in [1.82, 2.24) is 10.2 Å². The fourth-order valence-corrected chi connectivity index (χ4v) is 2.23. The molecule has 0 aromatic heterocycles. The largest absolute Gasteiger partial charge is 0.309 e. The average Bonchev–Trinajstić information content (AvgIpc) is 2.94. The second-order valence-electron chi connectivity index (χ2n) is 4.25. The van der Waals surface area contributed by atoms with Crippen LogP contribution < -0.4 is 5.32 Å². The van der Waals surface area contributed by atoms with Crippen LogP contribution in [0.4, 0.5) is 0 Å². The number of nitrogens with zero attached hydrogens (tertiary/aromatic N) is 1. The molecule has 3 heteroatoms. The van der Waals surface area contributed by atoms with Gasteiger partial charge in [-0.2, -0.15) is 0 Å². The molecule has 0 bridgehead atoms. The maximum absolute atomic E-state index is 5.55. The standard InChI is InChI=1S/C11H19ClN2/c12-6-1-2-7-13-10-5-8-14(9-10)11-3-4-11/h1-2,10-11,13H,3-9H2/b2-1+. The van der Waals surface area contributed by atoms with Gasteiger partial charge in [0.1, 0.15) is 0 Å². The first-order chi connectivity index (χ1) is 6.90. The summed E-state index contributed by atoms with van der Waals surface area (Å²) in [7, 11) is 0. The molecular formula is C11H19ClN2. The topological polar surface area (TPSA) is 15.3 Å². The smallest absolute Gasteiger partial charge is 0.0404 e. The van der Waals surface area contributed by atoms with Crippen LogP contribution in [0.5, 0.6) is 0 Å². The van der Waals surface area contributed by atoms with Gasteiger partial charge in [-0.05, 0) is 19.3 Å². The van der Waals surface area contributed by atoms with Crippen molar-refractivity contribution in [2.75, 3.05) is 25.5 Å². The van der Waals surface area contributed by atoms with Crippen molar-refractivity contribution < 1.29 is 0 Å². The number of nitrogens with one attached hydrogen (secondary N) is 1. The zero-order chi connectivity index (χ0) is 9.80. The Kier molecular flexibility index (Phi) is 3.85. The van der Waals surface area contributed by atoms with Crippen molar-refractivity contribution in [2.24, 2.45) is 0 Å². The Morgan fingerprint density at radius 1 is 1.29 bits per heavy atom. The third-order valence-electron chi connectivity index (χ3n) is 3.06. The van der Waals surface area contributed by atoms with Gasteiger partial charge in [0, 0.05) is 37.6 Å². The average molecular weight is 215 g/mol. The van der Waals surface area contributed by atoms with E-state index in [1.54, 1.807) is 0 Å². The number of likely N-dealkylation sites (tertiary alicyclic amines) is 1. The quantitative estimate of drug-likeness (QED) is 0.553. The summed E-state index contributed by atoms with van der Waals surface area (Å²) in [6, 6.07) is 1.63. The van der Waals surface area contributed by atoms with Crippen LogP contribution in [0.15, 0.2) is 12.2 Å². The number of rotatable bonds is 5. The SMILES string of the molecule is ClC/C=C/CNC1CCN(C2CC2)C1. The van der Waals surface area contributed by atoms with Crippen LogP contribution in [0.1, 0.15) is 19.3 Å². The van der Waals surface area contributed by atoms with E-state index in [2.05, 4.69) is 16.3 Å². The van der Waals surface area contributed by atoms with E-state index >= 15 is 0 Å². The number of allylic oxidation sites excluding steroid dienone is 1. The van der Waals surface area contributed by atoms with Crippen molar-refractivity contribution in [2.45, 2.75) is 31.3 Å². The number of hydrogen-bond donors (Lipinski definition) is 1. The summed E-state index contributed by atoms with van der Waals surface area (Å²) in [6.07, 6.45) is 8.29. The Hall–Kier alpha value is -0.0500. The second-order valence-corrected chi connectivity index (χ2v) is 4.55. The molecule has 14 heavy (non-hydrogen) atoms. The Morgan fingerprint density at radius 2 is 2.14 bits per heavy atom. The van der Waals surface area contributed by atoms with Crippen LogP contribution in [0, 0.1) is 0 Å². The van der Waals surface area contributed by atoms with E-state index in [1.807, 2.05) is 6.08 Å². The van der Waals surface area contributed by atoms with E-state index in [9.17, 15) is 0 Å². The van der Waals surface area contributed by atoms with Gasteiger partial charge in [0.25, 0.3) is 0 Å². The predicted molar refractivity (Wildman–Crippen MR) is 60.9 cm³/mol. The molecule has 0 aromatic rings. The third-order valence-corrected chi connectivity index (χ3v) is 3.24. The van der Waals surface area contributed by atoms with E-state index in [1.165, 1.54) is 32.4 Å². The highest BCUT2D eigenvalue weighted by Gasteiger charge is 2.33. The molecule has 0 aromatic carbocycles. The lowest BCUT2D eigenvalue weighted by atomic mass is 10.2. The van der Waals surface area contributed by atoms with Gasteiger partial charge in [-0.15, -0.1) is 11.6 Å². The number of hydrogen-bond acceptors (Lipinski definition) is 2. The van der Waals surface area contributed by atoms with Gasteiger partial charge >= 0.3 is 0 Å². The Morgan fingerprint density at radius 3 is 2.86 bits per heavy atom. The second kappa shape index (κ2) is 5.15. The highest BCUT2D eigenvalue weighted by Crippen LogP contribution is 2.29. The summed E-state index contributed by atoms with van der Waals surface area (Å²) in [5.74, 6) is 0.626. The summed E-state index contributed by atoms with van der Waals surface area (Å²) >= 11 is 5.55. The zero-order valence-electron chi connectivity index (χ0n) is 8.58. The van der Waals surface area contributed by atoms with Gasteiger partial charge in [-0.3, -0.25) is 4.90 Å². The van der Waals surface area contributed by atoms with Crippen LogP contribution in [-0.2, 0) is 0 Å².